The van der Waals surface area contributed by atoms with Gasteiger partial charge in [-0.3, -0.25) is 0 Å². The number of carboxylic acid groups (broad SMARTS) is 1. The summed E-state index contributed by atoms with van der Waals surface area (Å²) in [4.78, 5) is 12.9. The van der Waals surface area contributed by atoms with Crippen LogP contribution in [-0.2, 0) is 6.18 Å². The second-order valence-corrected chi connectivity index (χ2v) is 2.23. The molecule has 0 amide bonds. The minimum Gasteiger partial charge on any atom is -0.449 e. The van der Waals surface area contributed by atoms with Crippen molar-refractivity contribution >= 4 is 6.16 Å². The van der Waals surface area contributed by atoms with E-state index in [-0.39, 0.29) is 0 Å². The summed E-state index contributed by atoms with van der Waals surface area (Å²) in [5.41, 5.74) is -1.20. The molecule has 0 atom stereocenters. The highest BCUT2D eigenvalue weighted by Gasteiger charge is 2.32. The molecular formula is C7H4F3NO3. The Hall–Kier alpha value is -1.79. The molecule has 4 nitrogen and oxygen atoms in total. The number of ether oxygens (including phenoxy) is 1. The number of aromatic nitrogens is 1. The van der Waals surface area contributed by atoms with E-state index in [1.807, 2.05) is 0 Å². The van der Waals surface area contributed by atoms with E-state index in [4.69, 9.17) is 5.11 Å². The van der Waals surface area contributed by atoms with E-state index in [0.29, 0.717) is 6.07 Å². The molecule has 1 N–H and O–H groups in total. The van der Waals surface area contributed by atoms with Gasteiger partial charge < -0.3 is 9.84 Å². The van der Waals surface area contributed by atoms with Crippen LogP contribution in [0.3, 0.4) is 0 Å². The summed E-state index contributed by atoms with van der Waals surface area (Å²) in [6.45, 7) is 0. The molecular weight excluding hydrogens is 203 g/mol. The highest BCUT2D eigenvalue weighted by atomic mass is 19.4. The number of rotatable bonds is 1. The van der Waals surface area contributed by atoms with Gasteiger partial charge in [-0.05, 0) is 6.07 Å². The highest BCUT2D eigenvalue weighted by Crippen LogP contribution is 2.28. The Balaban J connectivity index is 2.95. The van der Waals surface area contributed by atoms with Gasteiger partial charge in [0.15, 0.2) is 0 Å². The maximum atomic E-state index is 12.0. The smallest absolute Gasteiger partial charge is 0.449 e. The Morgan fingerprint density at radius 1 is 1.43 bits per heavy atom. The number of hydrogen-bond acceptors (Lipinski definition) is 3. The molecule has 0 aliphatic carbocycles. The normalized spacial score (nSPS) is 11.1. The lowest BCUT2D eigenvalue weighted by molar-refractivity contribution is -0.141. The van der Waals surface area contributed by atoms with E-state index >= 15 is 0 Å². The lowest BCUT2D eigenvalue weighted by Gasteiger charge is -2.05. The molecule has 1 heterocycles. The molecule has 0 unspecified atom stereocenters. The van der Waals surface area contributed by atoms with Gasteiger partial charge in [-0.2, -0.15) is 13.2 Å². The van der Waals surface area contributed by atoms with Crippen molar-refractivity contribution in [2.45, 2.75) is 6.18 Å². The Kier molecular flexibility index (Phi) is 2.59. The first-order chi connectivity index (χ1) is 6.39. The van der Waals surface area contributed by atoms with Gasteiger partial charge >= 0.3 is 12.3 Å². The van der Waals surface area contributed by atoms with Crippen molar-refractivity contribution in [2.24, 2.45) is 0 Å². The topological polar surface area (TPSA) is 59.4 Å². The van der Waals surface area contributed by atoms with E-state index in [1.165, 1.54) is 0 Å². The Morgan fingerprint density at radius 2 is 2.07 bits per heavy atom. The van der Waals surface area contributed by atoms with E-state index in [2.05, 4.69) is 9.72 Å². The average Bonchev–Trinajstić information content (AvgIpc) is 2.01. The molecule has 14 heavy (non-hydrogen) atoms. The molecule has 1 aromatic rings. The van der Waals surface area contributed by atoms with Crippen LogP contribution in [0.5, 0.6) is 5.88 Å². The van der Waals surface area contributed by atoms with Crippen molar-refractivity contribution in [2.75, 3.05) is 0 Å². The monoisotopic (exact) mass is 207 g/mol. The summed E-state index contributed by atoms with van der Waals surface area (Å²) in [6, 6.07) is 2.74. The molecule has 76 valence electrons. The average molecular weight is 207 g/mol. The lowest BCUT2D eigenvalue weighted by atomic mass is 10.3. The van der Waals surface area contributed by atoms with Crippen molar-refractivity contribution < 1.29 is 27.8 Å². The fraction of sp³-hybridized carbons (Fsp3) is 0.143. The van der Waals surface area contributed by atoms with Gasteiger partial charge in [-0.25, -0.2) is 9.78 Å². The van der Waals surface area contributed by atoms with Gasteiger partial charge in [0.2, 0.25) is 5.88 Å². The summed E-state index contributed by atoms with van der Waals surface area (Å²) in [5.74, 6) is -0.604. The number of hydrogen-bond donors (Lipinski definition) is 1. The van der Waals surface area contributed by atoms with E-state index < -0.39 is 23.9 Å². The minimum atomic E-state index is -4.61. The van der Waals surface area contributed by atoms with E-state index in [1.54, 1.807) is 0 Å². The zero-order valence-corrected chi connectivity index (χ0v) is 6.58. The van der Waals surface area contributed by atoms with Crippen LogP contribution < -0.4 is 4.74 Å². The quantitative estimate of drug-likeness (QED) is 0.716. The second-order valence-electron chi connectivity index (χ2n) is 2.23. The van der Waals surface area contributed by atoms with Crippen molar-refractivity contribution in [3.05, 3.63) is 23.9 Å². The van der Waals surface area contributed by atoms with Gasteiger partial charge in [0.1, 0.15) is 5.69 Å². The fourth-order valence-electron chi connectivity index (χ4n) is 0.719. The molecule has 0 radical (unpaired) electrons. The number of alkyl halides is 3. The van der Waals surface area contributed by atoms with Crippen LogP contribution in [-0.4, -0.2) is 16.2 Å². The van der Waals surface area contributed by atoms with Crippen LogP contribution in [0.1, 0.15) is 5.69 Å². The molecule has 0 aromatic carbocycles. The standard InChI is InChI=1S/C7H4F3NO3/c8-7(9,10)4-2-1-3-5(11-4)14-6(12)13/h1-3H,(H,12,13). The van der Waals surface area contributed by atoms with Gasteiger partial charge in [0, 0.05) is 6.07 Å². The van der Waals surface area contributed by atoms with Gasteiger partial charge in [0.05, 0.1) is 0 Å². The van der Waals surface area contributed by atoms with Crippen molar-refractivity contribution in [1.82, 2.24) is 4.98 Å². The number of pyridine rings is 1. The predicted molar refractivity (Wildman–Crippen MR) is 37.9 cm³/mol. The molecule has 0 aliphatic heterocycles. The molecule has 0 spiro atoms. The van der Waals surface area contributed by atoms with Gasteiger partial charge in [-0.15, -0.1) is 0 Å². The van der Waals surface area contributed by atoms with Crippen molar-refractivity contribution in [3.63, 3.8) is 0 Å². The zero-order chi connectivity index (χ0) is 10.8. The molecule has 0 bridgehead atoms. The SMILES string of the molecule is O=C(O)Oc1cccc(C(F)(F)F)n1. The van der Waals surface area contributed by atoms with Crippen LogP contribution in [0.15, 0.2) is 18.2 Å². The molecule has 0 saturated carbocycles. The van der Waals surface area contributed by atoms with Crippen molar-refractivity contribution in [3.8, 4) is 5.88 Å². The first-order valence-corrected chi connectivity index (χ1v) is 3.34. The molecule has 0 saturated heterocycles. The highest BCUT2D eigenvalue weighted by molar-refractivity contribution is 5.60. The summed E-state index contributed by atoms with van der Waals surface area (Å²) < 4.78 is 40.1. The molecule has 1 aromatic heterocycles. The third-order valence-corrected chi connectivity index (χ3v) is 1.21. The zero-order valence-electron chi connectivity index (χ0n) is 6.58. The van der Waals surface area contributed by atoms with Crippen LogP contribution in [0.2, 0.25) is 0 Å². The fourth-order valence-corrected chi connectivity index (χ4v) is 0.719. The lowest BCUT2D eigenvalue weighted by Crippen LogP contribution is -2.10. The predicted octanol–water partition coefficient (Wildman–Crippen LogP) is 2.16. The third kappa shape index (κ3) is 2.61. The number of nitrogens with zero attached hydrogens (tertiary/aromatic N) is 1. The first kappa shape index (κ1) is 10.3. The Bertz CT molecular complexity index is 350. The van der Waals surface area contributed by atoms with Crippen LogP contribution >= 0.6 is 0 Å². The van der Waals surface area contributed by atoms with E-state index in [0.717, 1.165) is 12.1 Å². The Labute approximate surface area is 75.9 Å². The molecule has 0 fully saturated rings. The van der Waals surface area contributed by atoms with Crippen molar-refractivity contribution in [1.29, 1.82) is 0 Å². The first-order valence-electron chi connectivity index (χ1n) is 3.34. The molecule has 1 rings (SSSR count). The number of halogens is 3. The Morgan fingerprint density at radius 3 is 2.57 bits per heavy atom. The third-order valence-electron chi connectivity index (χ3n) is 1.21. The van der Waals surface area contributed by atoms with Gasteiger partial charge in [0.25, 0.3) is 0 Å². The second kappa shape index (κ2) is 3.52. The summed E-state index contributed by atoms with van der Waals surface area (Å²) in [6.07, 6.45) is -6.32. The summed E-state index contributed by atoms with van der Waals surface area (Å²) >= 11 is 0. The maximum absolute atomic E-state index is 12.0. The number of carbonyl (C=O) groups is 1. The van der Waals surface area contributed by atoms with Crippen LogP contribution in [0.4, 0.5) is 18.0 Å². The maximum Gasteiger partial charge on any atom is 0.512 e. The summed E-state index contributed by atoms with van der Waals surface area (Å²) in [5, 5.41) is 8.12. The molecule has 7 heteroatoms. The molecule has 0 aliphatic rings. The largest absolute Gasteiger partial charge is 0.512 e. The van der Waals surface area contributed by atoms with Crippen LogP contribution in [0, 0.1) is 0 Å². The minimum absolute atomic E-state index is 0.604. The van der Waals surface area contributed by atoms with E-state index in [9.17, 15) is 18.0 Å². The van der Waals surface area contributed by atoms with Crippen LogP contribution in [0.25, 0.3) is 0 Å². The summed E-state index contributed by atoms with van der Waals surface area (Å²) in [7, 11) is 0. The van der Waals surface area contributed by atoms with Gasteiger partial charge in [-0.1, -0.05) is 6.07 Å².